The number of hydrogen-bond donors (Lipinski definition) is 0. The summed E-state index contributed by atoms with van der Waals surface area (Å²) in [6, 6.07) is 62.7. The van der Waals surface area contributed by atoms with Gasteiger partial charge in [-0.1, -0.05) is 176 Å². The van der Waals surface area contributed by atoms with E-state index in [0.717, 1.165) is 39.7 Å². The van der Waals surface area contributed by atoms with Crippen molar-refractivity contribution in [3.63, 3.8) is 0 Å². The van der Waals surface area contributed by atoms with Gasteiger partial charge in [-0.25, -0.2) is 0 Å². The first-order valence-corrected chi connectivity index (χ1v) is 17.7. The van der Waals surface area contributed by atoms with Crippen molar-refractivity contribution in [2.24, 2.45) is 0 Å². The van der Waals surface area contributed by atoms with Crippen LogP contribution < -0.4 is 4.90 Å². The quantitative estimate of drug-likeness (QED) is 0.170. The average Bonchev–Trinajstić information content (AvgIpc) is 3.59. The molecule has 0 saturated carbocycles. The lowest BCUT2D eigenvalue weighted by atomic mass is 9.83. The van der Waals surface area contributed by atoms with Crippen molar-refractivity contribution in [3.05, 3.63) is 200 Å². The van der Waals surface area contributed by atoms with Gasteiger partial charge >= 0.3 is 0 Å². The van der Waals surface area contributed by atoms with Crippen LogP contribution in [0, 0.1) is 0 Å². The Hall–Kier alpha value is -6.38. The molecule has 0 N–H and O–H groups in total. The molecule has 51 heavy (non-hydrogen) atoms. The lowest BCUT2D eigenvalue weighted by Gasteiger charge is -2.43. The van der Waals surface area contributed by atoms with E-state index in [2.05, 4.69) is 200 Å². The minimum Gasteiger partial charge on any atom is -0.454 e. The topological polar surface area (TPSA) is 16.4 Å². The maximum atomic E-state index is 6.78. The van der Waals surface area contributed by atoms with Crippen LogP contribution in [0.15, 0.2) is 199 Å². The van der Waals surface area contributed by atoms with Gasteiger partial charge in [-0.05, 0) is 70.5 Å². The first-order chi connectivity index (χ1) is 25.2. The molecule has 7 aromatic carbocycles. The van der Waals surface area contributed by atoms with Crippen LogP contribution in [0.2, 0.25) is 0 Å². The van der Waals surface area contributed by atoms with Gasteiger partial charge in [0, 0.05) is 16.3 Å². The highest BCUT2D eigenvalue weighted by molar-refractivity contribution is 6.10. The Labute approximate surface area is 299 Å². The largest absolute Gasteiger partial charge is 0.454 e. The molecule has 2 nitrogen and oxygen atoms in total. The minimum atomic E-state index is -0.433. The predicted octanol–water partition coefficient (Wildman–Crippen LogP) is 13.5. The van der Waals surface area contributed by atoms with Gasteiger partial charge in [0.05, 0.1) is 16.9 Å². The Bertz CT molecular complexity index is 2560. The van der Waals surface area contributed by atoms with E-state index in [0.29, 0.717) is 0 Å². The second kappa shape index (κ2) is 12.8. The van der Waals surface area contributed by atoms with Gasteiger partial charge in [0.25, 0.3) is 0 Å². The van der Waals surface area contributed by atoms with Crippen LogP contribution >= 0.6 is 0 Å². The van der Waals surface area contributed by atoms with E-state index in [-0.39, 0.29) is 0 Å². The molecule has 0 aliphatic heterocycles. The van der Waals surface area contributed by atoms with E-state index < -0.39 is 5.54 Å². The van der Waals surface area contributed by atoms with Crippen molar-refractivity contribution in [2.45, 2.75) is 18.9 Å². The standard InChI is InChI=1S/C49H37NO/c1-49(33-31-36(32-34-49)35-17-5-2-6-18-35)50(45-29-16-27-43-41-24-13-14-30-46(41)51-48(43)45)44-28-15-26-40(38-21-9-4-10-22-38)47(44)42-25-12-11-23-39(42)37-19-7-3-8-20-37/h2-33H,34H2,1H3. The number of hydrogen-bond acceptors (Lipinski definition) is 2. The van der Waals surface area contributed by atoms with E-state index in [1.165, 1.54) is 44.5 Å². The summed E-state index contributed by atoms with van der Waals surface area (Å²) in [4.78, 5) is 2.54. The van der Waals surface area contributed by atoms with Crippen LogP contribution in [0.3, 0.4) is 0 Å². The number of furan rings is 1. The molecule has 2 heteroatoms. The molecule has 1 atom stereocenters. The Balaban J connectivity index is 1.34. The number of para-hydroxylation sites is 2. The highest BCUT2D eigenvalue weighted by Gasteiger charge is 2.36. The third-order valence-electron chi connectivity index (χ3n) is 10.2. The second-order valence-corrected chi connectivity index (χ2v) is 13.5. The molecular formula is C49H37NO. The van der Waals surface area contributed by atoms with Gasteiger partial charge < -0.3 is 9.32 Å². The van der Waals surface area contributed by atoms with Gasteiger partial charge in [0.1, 0.15) is 5.58 Å². The lowest BCUT2D eigenvalue weighted by molar-refractivity contribution is 0.568. The molecule has 244 valence electrons. The van der Waals surface area contributed by atoms with Crippen LogP contribution in [0.25, 0.3) is 60.9 Å². The number of allylic oxidation sites excluding steroid dienone is 2. The highest BCUT2D eigenvalue weighted by Crippen LogP contribution is 2.51. The summed E-state index contributed by atoms with van der Waals surface area (Å²) in [6.45, 7) is 2.35. The van der Waals surface area contributed by atoms with Crippen molar-refractivity contribution in [3.8, 4) is 33.4 Å². The van der Waals surface area contributed by atoms with Gasteiger partial charge in [-0.3, -0.25) is 0 Å². The molecule has 1 heterocycles. The third-order valence-corrected chi connectivity index (χ3v) is 10.2. The Kier molecular flexibility index (Phi) is 7.71. The molecule has 0 amide bonds. The minimum absolute atomic E-state index is 0.433. The van der Waals surface area contributed by atoms with Gasteiger partial charge in [-0.2, -0.15) is 0 Å². The molecule has 0 fully saturated rings. The zero-order chi connectivity index (χ0) is 34.2. The molecule has 1 unspecified atom stereocenters. The van der Waals surface area contributed by atoms with Crippen LogP contribution in [-0.4, -0.2) is 5.54 Å². The summed E-state index contributed by atoms with van der Waals surface area (Å²) < 4.78 is 6.78. The number of nitrogens with zero attached hydrogens (tertiary/aromatic N) is 1. The number of benzene rings is 7. The van der Waals surface area contributed by atoms with Gasteiger partial charge in [-0.15, -0.1) is 0 Å². The van der Waals surface area contributed by atoms with Crippen LogP contribution in [0.4, 0.5) is 11.4 Å². The normalized spacial score (nSPS) is 15.6. The summed E-state index contributed by atoms with van der Waals surface area (Å²) in [5.41, 5.74) is 13.1. The number of rotatable bonds is 7. The zero-order valence-electron chi connectivity index (χ0n) is 28.5. The molecule has 0 bridgehead atoms. The highest BCUT2D eigenvalue weighted by atomic mass is 16.3. The van der Waals surface area contributed by atoms with E-state index in [1.54, 1.807) is 0 Å². The molecule has 1 aromatic heterocycles. The van der Waals surface area contributed by atoms with Crippen molar-refractivity contribution in [2.75, 3.05) is 4.90 Å². The van der Waals surface area contributed by atoms with Crippen molar-refractivity contribution >= 4 is 38.9 Å². The lowest BCUT2D eigenvalue weighted by Crippen LogP contribution is -2.42. The Morgan fingerprint density at radius 3 is 1.75 bits per heavy atom. The third kappa shape index (κ3) is 5.46. The number of anilines is 2. The number of fused-ring (bicyclic) bond motifs is 3. The molecule has 9 rings (SSSR count). The smallest absolute Gasteiger partial charge is 0.159 e. The zero-order valence-corrected chi connectivity index (χ0v) is 28.5. The first-order valence-electron chi connectivity index (χ1n) is 17.7. The first kappa shape index (κ1) is 30.7. The molecule has 0 saturated heterocycles. The van der Waals surface area contributed by atoms with Crippen molar-refractivity contribution < 1.29 is 4.42 Å². The second-order valence-electron chi connectivity index (χ2n) is 13.5. The fraction of sp³-hybridized carbons (Fsp3) is 0.0612. The summed E-state index contributed by atoms with van der Waals surface area (Å²) in [5.74, 6) is 0. The van der Waals surface area contributed by atoms with Crippen LogP contribution in [0.5, 0.6) is 0 Å². The molecule has 8 aromatic rings. The predicted molar refractivity (Wildman–Crippen MR) is 215 cm³/mol. The monoisotopic (exact) mass is 655 g/mol. The Morgan fingerprint density at radius 1 is 0.490 bits per heavy atom. The SMILES string of the molecule is CC1(N(c2cccc(-c3ccccc3)c2-c2ccccc2-c2ccccc2)c2cccc3c2oc2ccccc23)C=CC(c2ccccc2)=CC1. The summed E-state index contributed by atoms with van der Waals surface area (Å²) in [6.07, 6.45) is 7.88. The van der Waals surface area contributed by atoms with Crippen molar-refractivity contribution in [1.82, 2.24) is 0 Å². The van der Waals surface area contributed by atoms with Crippen LogP contribution in [0.1, 0.15) is 18.9 Å². The molecule has 1 aliphatic carbocycles. The molecule has 0 spiro atoms. The van der Waals surface area contributed by atoms with E-state index >= 15 is 0 Å². The summed E-state index contributed by atoms with van der Waals surface area (Å²) in [7, 11) is 0. The molecular weight excluding hydrogens is 619 g/mol. The fourth-order valence-electron chi connectivity index (χ4n) is 7.76. The summed E-state index contributed by atoms with van der Waals surface area (Å²) in [5, 5.41) is 2.24. The van der Waals surface area contributed by atoms with E-state index in [1.807, 2.05) is 6.07 Å². The Morgan fingerprint density at radius 2 is 1.04 bits per heavy atom. The maximum Gasteiger partial charge on any atom is 0.159 e. The van der Waals surface area contributed by atoms with E-state index in [9.17, 15) is 0 Å². The van der Waals surface area contributed by atoms with E-state index in [4.69, 9.17) is 4.42 Å². The van der Waals surface area contributed by atoms with Gasteiger partial charge in [0.2, 0.25) is 0 Å². The van der Waals surface area contributed by atoms with Crippen LogP contribution in [-0.2, 0) is 0 Å². The maximum absolute atomic E-state index is 6.78. The summed E-state index contributed by atoms with van der Waals surface area (Å²) >= 11 is 0. The fourth-order valence-corrected chi connectivity index (χ4v) is 7.76. The molecule has 0 radical (unpaired) electrons. The molecule has 1 aliphatic rings. The van der Waals surface area contributed by atoms with Gasteiger partial charge in [0.15, 0.2) is 5.58 Å². The average molecular weight is 656 g/mol. The van der Waals surface area contributed by atoms with Crippen molar-refractivity contribution in [1.29, 1.82) is 0 Å².